The van der Waals surface area contributed by atoms with Crippen molar-refractivity contribution in [3.05, 3.63) is 35.9 Å². The number of hydrogen-bond donors (Lipinski definition) is 2. The summed E-state index contributed by atoms with van der Waals surface area (Å²) in [4.78, 5) is 3.94. The summed E-state index contributed by atoms with van der Waals surface area (Å²) in [6.45, 7) is 10.0. The average Bonchev–Trinajstić information content (AvgIpc) is 2.67. The van der Waals surface area contributed by atoms with Gasteiger partial charge in [-0.05, 0) is 51.5 Å². The van der Waals surface area contributed by atoms with Crippen molar-refractivity contribution in [3.63, 3.8) is 0 Å². The molecule has 0 spiro atoms. The Bertz CT molecular complexity index is 1350. The third-order valence-corrected chi connectivity index (χ3v) is 7.66. The van der Waals surface area contributed by atoms with Gasteiger partial charge in [-0.2, -0.15) is 16.8 Å². The van der Waals surface area contributed by atoms with Crippen LogP contribution in [-0.4, -0.2) is 50.6 Å². The molecule has 162 valence electrons. The third-order valence-electron chi connectivity index (χ3n) is 5.98. The van der Waals surface area contributed by atoms with E-state index in [1.165, 1.54) is 24.3 Å². The molecule has 0 atom stereocenters. The summed E-state index contributed by atoms with van der Waals surface area (Å²) >= 11 is 0. The molecule has 0 fully saturated rings. The van der Waals surface area contributed by atoms with Gasteiger partial charge >= 0.3 is 0 Å². The lowest BCUT2D eigenvalue weighted by atomic mass is 10.0. The van der Waals surface area contributed by atoms with Gasteiger partial charge in [0.05, 0.1) is 40.9 Å². The second kappa shape index (κ2) is 7.54. The summed E-state index contributed by atoms with van der Waals surface area (Å²) in [6.07, 6.45) is 0. The van der Waals surface area contributed by atoms with Crippen molar-refractivity contribution in [2.45, 2.75) is 37.5 Å². The third kappa shape index (κ3) is 3.69. The van der Waals surface area contributed by atoms with Crippen molar-refractivity contribution >= 4 is 47.7 Å². The maximum atomic E-state index is 12.0. The van der Waals surface area contributed by atoms with Crippen LogP contribution in [0.25, 0.3) is 21.8 Å². The maximum absolute atomic E-state index is 12.0. The van der Waals surface area contributed by atoms with E-state index in [0.717, 1.165) is 16.6 Å². The zero-order valence-corrected chi connectivity index (χ0v) is 18.9. The summed E-state index contributed by atoms with van der Waals surface area (Å²) in [7, 11) is -8.90. The Labute approximate surface area is 176 Å². The first kappa shape index (κ1) is 22.6. The molecule has 0 aliphatic heterocycles. The Hall–Kier alpha value is -2.11. The molecule has 1 heterocycles. The van der Waals surface area contributed by atoms with Gasteiger partial charge in [-0.3, -0.25) is 13.6 Å². The standard InChI is InChI=1S/C20H24N2O6S2/c1-5-22(6-2,7-3)19-12-15(30(26,27)28)11-18-20(19)13(4)16-9-8-14(29(23,24)25)10-17(16)21-18/h8-12H,5-7H2,1-4H3,(H-,23,24,25,26,27,28)/p+1. The van der Waals surface area contributed by atoms with E-state index in [1.54, 1.807) is 6.07 Å². The summed E-state index contributed by atoms with van der Waals surface area (Å²) in [5, 5.41) is 1.46. The first-order valence-electron chi connectivity index (χ1n) is 9.57. The number of benzene rings is 2. The lowest BCUT2D eigenvalue weighted by Gasteiger charge is -2.36. The predicted octanol–water partition coefficient (Wildman–Crippen LogP) is 3.56. The van der Waals surface area contributed by atoms with Gasteiger partial charge in [0.1, 0.15) is 10.6 Å². The molecule has 0 saturated heterocycles. The smallest absolute Gasteiger partial charge is 0.291 e. The van der Waals surface area contributed by atoms with E-state index in [0.29, 0.717) is 40.5 Å². The van der Waals surface area contributed by atoms with E-state index in [4.69, 9.17) is 0 Å². The second-order valence-electron chi connectivity index (χ2n) is 7.30. The van der Waals surface area contributed by atoms with Crippen LogP contribution in [0, 0.1) is 6.92 Å². The number of rotatable bonds is 6. The molecule has 8 nitrogen and oxygen atoms in total. The Balaban J connectivity index is 2.56. The Kier molecular flexibility index (Phi) is 5.67. The summed E-state index contributed by atoms with van der Waals surface area (Å²) in [5.41, 5.74) is 2.18. The Morgan fingerprint density at radius 2 is 1.37 bits per heavy atom. The van der Waals surface area contributed by atoms with Crippen LogP contribution in [0.5, 0.6) is 0 Å². The number of nitrogens with zero attached hydrogens (tertiary/aromatic N) is 2. The van der Waals surface area contributed by atoms with E-state index in [1.807, 2.05) is 27.7 Å². The van der Waals surface area contributed by atoms with Crippen LogP contribution >= 0.6 is 0 Å². The molecule has 0 aliphatic carbocycles. The fraction of sp³-hybridized carbons (Fsp3) is 0.350. The van der Waals surface area contributed by atoms with Gasteiger partial charge in [-0.1, -0.05) is 6.07 Å². The van der Waals surface area contributed by atoms with Crippen LogP contribution in [0.2, 0.25) is 0 Å². The van der Waals surface area contributed by atoms with Crippen LogP contribution in [0.4, 0.5) is 5.69 Å². The monoisotopic (exact) mass is 453 g/mol. The number of aromatic nitrogens is 1. The van der Waals surface area contributed by atoms with Gasteiger partial charge in [0.2, 0.25) is 0 Å². The van der Waals surface area contributed by atoms with Crippen molar-refractivity contribution in [2.24, 2.45) is 0 Å². The minimum atomic E-state index is -4.49. The van der Waals surface area contributed by atoms with Crippen LogP contribution in [0.15, 0.2) is 40.1 Å². The van der Waals surface area contributed by atoms with Gasteiger partial charge in [-0.15, -0.1) is 0 Å². The Morgan fingerprint density at radius 3 is 1.87 bits per heavy atom. The van der Waals surface area contributed by atoms with Gasteiger partial charge in [0.15, 0.2) is 0 Å². The minimum absolute atomic E-state index is 0.264. The fourth-order valence-electron chi connectivity index (χ4n) is 4.11. The van der Waals surface area contributed by atoms with Crippen molar-refractivity contribution < 1.29 is 25.9 Å². The van der Waals surface area contributed by atoms with E-state index in [2.05, 4.69) is 4.98 Å². The lowest BCUT2D eigenvalue weighted by Crippen LogP contribution is -2.49. The average molecular weight is 454 g/mol. The zero-order valence-electron chi connectivity index (χ0n) is 17.2. The van der Waals surface area contributed by atoms with Crippen LogP contribution in [0.1, 0.15) is 26.3 Å². The van der Waals surface area contributed by atoms with Gasteiger partial charge in [0.25, 0.3) is 20.2 Å². The molecule has 3 aromatic rings. The highest BCUT2D eigenvalue weighted by Gasteiger charge is 2.31. The molecule has 0 bridgehead atoms. The molecule has 0 amide bonds. The molecule has 10 heteroatoms. The number of hydrogen-bond acceptors (Lipinski definition) is 5. The predicted molar refractivity (Wildman–Crippen MR) is 117 cm³/mol. The zero-order chi connectivity index (χ0) is 22.5. The van der Waals surface area contributed by atoms with E-state index in [9.17, 15) is 25.9 Å². The van der Waals surface area contributed by atoms with Crippen LogP contribution in [0.3, 0.4) is 0 Å². The van der Waals surface area contributed by atoms with Gasteiger partial charge < -0.3 is 0 Å². The molecule has 0 unspecified atom stereocenters. The molecule has 0 aliphatic rings. The quantitative estimate of drug-likeness (QED) is 0.332. The lowest BCUT2D eigenvalue weighted by molar-refractivity contribution is 0.317. The SMILES string of the molecule is CC[N+](CC)(CC)c1cc(S(=O)(=O)O)cc2nc3cc(S(=O)(=O)O)ccc3c(C)c12. The number of pyridine rings is 1. The maximum Gasteiger partial charge on any atom is 0.294 e. The van der Waals surface area contributed by atoms with Crippen molar-refractivity contribution in [1.82, 2.24) is 9.47 Å². The van der Waals surface area contributed by atoms with E-state index >= 15 is 0 Å². The van der Waals surface area contributed by atoms with Gasteiger partial charge in [0, 0.05) is 11.5 Å². The topological polar surface area (TPSA) is 122 Å². The van der Waals surface area contributed by atoms with Crippen molar-refractivity contribution in [3.8, 4) is 0 Å². The second-order valence-corrected chi connectivity index (χ2v) is 10.1. The van der Waals surface area contributed by atoms with E-state index < -0.39 is 20.2 Å². The molecule has 0 radical (unpaired) electrons. The highest BCUT2D eigenvalue weighted by atomic mass is 32.2. The normalized spacial score (nSPS) is 13.3. The highest BCUT2D eigenvalue weighted by Crippen LogP contribution is 2.38. The molecule has 2 aromatic carbocycles. The van der Waals surface area contributed by atoms with Crippen LogP contribution < -0.4 is 4.48 Å². The van der Waals surface area contributed by atoms with Crippen LogP contribution in [-0.2, 0) is 20.2 Å². The molecular formula is C20H25N2O6S2+. The molecule has 2 N–H and O–H groups in total. The number of fused-ring (bicyclic) bond motifs is 2. The molecule has 30 heavy (non-hydrogen) atoms. The molecule has 3 rings (SSSR count). The molecule has 0 saturated carbocycles. The highest BCUT2D eigenvalue weighted by molar-refractivity contribution is 7.86. The number of aryl methyl sites for hydroxylation is 1. The molecule has 1 aromatic heterocycles. The number of quaternary nitrogens is 1. The first-order valence-corrected chi connectivity index (χ1v) is 12.5. The summed E-state index contributed by atoms with van der Waals surface area (Å²) in [5.74, 6) is 0. The van der Waals surface area contributed by atoms with Crippen molar-refractivity contribution in [2.75, 3.05) is 19.6 Å². The first-order chi connectivity index (χ1) is 13.9. The summed E-state index contributed by atoms with van der Waals surface area (Å²) < 4.78 is 66.5. The Morgan fingerprint density at radius 1 is 0.833 bits per heavy atom. The molecular weight excluding hydrogens is 428 g/mol. The van der Waals surface area contributed by atoms with E-state index in [-0.39, 0.29) is 9.79 Å². The van der Waals surface area contributed by atoms with Gasteiger partial charge in [-0.25, -0.2) is 4.98 Å². The minimum Gasteiger partial charge on any atom is -0.291 e. The summed E-state index contributed by atoms with van der Waals surface area (Å²) in [6, 6.07) is 6.93. The fourth-order valence-corrected chi connectivity index (χ4v) is 5.13. The largest absolute Gasteiger partial charge is 0.294 e. The van der Waals surface area contributed by atoms with Crippen molar-refractivity contribution in [1.29, 1.82) is 0 Å².